The van der Waals surface area contributed by atoms with Gasteiger partial charge in [0.1, 0.15) is 5.69 Å². The Kier molecular flexibility index (Phi) is 9.58. The summed E-state index contributed by atoms with van der Waals surface area (Å²) < 4.78 is 77.4. The summed E-state index contributed by atoms with van der Waals surface area (Å²) in [6.07, 6.45) is -1.02. The van der Waals surface area contributed by atoms with Crippen molar-refractivity contribution in [3.8, 4) is 5.88 Å². The molecule has 0 aromatic carbocycles. The average molecular weight is 415 g/mol. The number of halogens is 5. The van der Waals surface area contributed by atoms with E-state index in [4.69, 9.17) is 4.74 Å². The molecule has 156 valence electrons. The molecular formula is C17H26F5N3OS. The van der Waals surface area contributed by atoms with Gasteiger partial charge < -0.3 is 4.74 Å². The fourth-order valence-electron chi connectivity index (χ4n) is 2.49. The summed E-state index contributed by atoms with van der Waals surface area (Å²) in [5.74, 6) is -2.45. The molecule has 0 radical (unpaired) electrons. The van der Waals surface area contributed by atoms with E-state index in [9.17, 15) is 22.0 Å². The van der Waals surface area contributed by atoms with E-state index in [1.807, 2.05) is 13.8 Å². The van der Waals surface area contributed by atoms with E-state index in [-0.39, 0.29) is 38.4 Å². The number of rotatable bonds is 8. The Labute approximate surface area is 160 Å². The molecule has 2 rings (SSSR count). The second-order valence-electron chi connectivity index (χ2n) is 6.05. The van der Waals surface area contributed by atoms with Crippen molar-refractivity contribution in [2.24, 2.45) is 0 Å². The molecule has 10 heteroatoms. The molecule has 0 N–H and O–H groups in total. The highest BCUT2D eigenvalue weighted by atomic mass is 32.1. The van der Waals surface area contributed by atoms with Gasteiger partial charge in [0, 0.05) is 19.5 Å². The van der Waals surface area contributed by atoms with Crippen LogP contribution in [0, 0.1) is 0 Å². The van der Waals surface area contributed by atoms with E-state index in [0.717, 1.165) is 18.7 Å². The molecule has 0 unspecified atom stereocenters. The van der Waals surface area contributed by atoms with E-state index >= 15 is 0 Å². The molecule has 1 aliphatic rings. The highest BCUT2D eigenvalue weighted by Crippen LogP contribution is 2.32. The van der Waals surface area contributed by atoms with Crippen molar-refractivity contribution >= 4 is 17.3 Å². The van der Waals surface area contributed by atoms with Gasteiger partial charge in [-0.25, -0.2) is 13.7 Å². The average Bonchev–Trinajstić information content (AvgIpc) is 3.07. The van der Waals surface area contributed by atoms with Crippen LogP contribution in [0.3, 0.4) is 0 Å². The zero-order valence-corrected chi connectivity index (χ0v) is 16.6. The Balaban J connectivity index is 0.00000176. The van der Waals surface area contributed by atoms with Gasteiger partial charge in [0.05, 0.1) is 18.3 Å². The predicted molar refractivity (Wildman–Crippen MR) is 96.1 cm³/mol. The molecule has 1 aromatic rings. The van der Waals surface area contributed by atoms with Crippen molar-refractivity contribution in [2.45, 2.75) is 65.1 Å². The quantitative estimate of drug-likeness (QED) is 0.307. The predicted octanol–water partition coefficient (Wildman–Crippen LogP) is 5.77. The van der Waals surface area contributed by atoms with E-state index in [1.54, 1.807) is 6.08 Å². The fourth-order valence-corrected chi connectivity index (χ4v) is 3.02. The van der Waals surface area contributed by atoms with Crippen LogP contribution in [-0.2, 0) is 0 Å². The molecule has 0 fully saturated rings. The van der Waals surface area contributed by atoms with Crippen molar-refractivity contribution in [1.82, 2.24) is 13.6 Å². The van der Waals surface area contributed by atoms with Crippen molar-refractivity contribution in [2.75, 3.05) is 19.7 Å². The Morgan fingerprint density at radius 2 is 1.81 bits per heavy atom. The fraction of sp³-hybridized carbons (Fsp3) is 0.765. The van der Waals surface area contributed by atoms with Gasteiger partial charge in [0.2, 0.25) is 5.92 Å². The minimum Gasteiger partial charge on any atom is -0.475 e. The molecule has 0 spiro atoms. The standard InChI is InChI=1S/C15H20F5N3OS.C2H6/c1-14(16,17)7-3-2-4-9-24-13-12(21-25-22-13)11-6-5-8-23(10-11)15(18,19)20;1-2/h6H,2-5,7-10H2,1H3;1-2H3. The van der Waals surface area contributed by atoms with E-state index in [1.165, 1.54) is 0 Å². The molecule has 0 bridgehead atoms. The highest BCUT2D eigenvalue weighted by molar-refractivity contribution is 6.99. The maximum Gasteiger partial charge on any atom is 0.460 e. The number of aromatic nitrogens is 2. The number of alkyl halides is 5. The molecule has 0 atom stereocenters. The molecule has 0 saturated carbocycles. The number of ether oxygens (including phenoxy) is 1. The van der Waals surface area contributed by atoms with Gasteiger partial charge in [-0.05, 0) is 38.2 Å². The second kappa shape index (κ2) is 10.9. The van der Waals surface area contributed by atoms with Gasteiger partial charge in [0.15, 0.2) is 0 Å². The maximum absolute atomic E-state index is 12.8. The number of hydrogen-bond donors (Lipinski definition) is 0. The van der Waals surface area contributed by atoms with Gasteiger partial charge in [-0.2, -0.15) is 17.5 Å². The van der Waals surface area contributed by atoms with Gasteiger partial charge in [-0.3, -0.25) is 0 Å². The molecule has 4 nitrogen and oxygen atoms in total. The van der Waals surface area contributed by atoms with E-state index in [0.29, 0.717) is 35.4 Å². The molecule has 0 saturated heterocycles. The third kappa shape index (κ3) is 8.50. The topological polar surface area (TPSA) is 38.3 Å². The summed E-state index contributed by atoms with van der Waals surface area (Å²) in [5.41, 5.74) is 0.775. The lowest BCUT2D eigenvalue weighted by atomic mass is 10.1. The number of nitrogens with zero attached hydrogens (tertiary/aromatic N) is 3. The van der Waals surface area contributed by atoms with Crippen LogP contribution < -0.4 is 4.74 Å². The third-order valence-corrected chi connectivity index (χ3v) is 4.28. The van der Waals surface area contributed by atoms with Crippen LogP contribution in [0.2, 0.25) is 0 Å². The molecule has 0 aliphatic carbocycles. The second-order valence-corrected chi connectivity index (χ2v) is 6.58. The first kappa shape index (κ1) is 23.7. The lowest BCUT2D eigenvalue weighted by Crippen LogP contribution is -2.41. The minimum atomic E-state index is -4.38. The zero-order chi connectivity index (χ0) is 20.5. The summed E-state index contributed by atoms with van der Waals surface area (Å²) in [7, 11) is 0. The van der Waals surface area contributed by atoms with Gasteiger partial charge >= 0.3 is 6.30 Å². The van der Waals surface area contributed by atoms with Crippen molar-refractivity contribution in [3.05, 3.63) is 11.8 Å². The first-order chi connectivity index (χ1) is 12.7. The summed E-state index contributed by atoms with van der Waals surface area (Å²) in [6.45, 7) is 4.79. The van der Waals surface area contributed by atoms with Gasteiger partial charge in [-0.1, -0.05) is 19.9 Å². The lowest BCUT2D eigenvalue weighted by molar-refractivity contribution is -0.241. The Hall–Kier alpha value is -1.29. The molecule has 1 aromatic heterocycles. The number of hydrogen-bond acceptors (Lipinski definition) is 5. The van der Waals surface area contributed by atoms with Crippen molar-refractivity contribution < 1.29 is 26.7 Å². The van der Waals surface area contributed by atoms with E-state index < -0.39 is 12.2 Å². The van der Waals surface area contributed by atoms with Crippen LogP contribution in [0.25, 0.3) is 5.57 Å². The monoisotopic (exact) mass is 415 g/mol. The Morgan fingerprint density at radius 1 is 1.11 bits per heavy atom. The first-order valence-electron chi connectivity index (χ1n) is 9.01. The summed E-state index contributed by atoms with van der Waals surface area (Å²) in [4.78, 5) is 0.427. The molecule has 0 amide bonds. The lowest BCUT2D eigenvalue weighted by Gasteiger charge is -2.28. The minimum absolute atomic E-state index is 0.0805. The highest BCUT2D eigenvalue weighted by Gasteiger charge is 2.39. The Morgan fingerprint density at radius 3 is 2.44 bits per heavy atom. The molecular weight excluding hydrogens is 389 g/mol. The van der Waals surface area contributed by atoms with Crippen molar-refractivity contribution in [3.63, 3.8) is 0 Å². The molecule has 1 aliphatic heterocycles. The van der Waals surface area contributed by atoms with Crippen molar-refractivity contribution in [1.29, 1.82) is 0 Å². The number of unbranched alkanes of at least 4 members (excludes halogenated alkanes) is 2. The van der Waals surface area contributed by atoms with Gasteiger partial charge in [-0.15, -0.1) is 4.37 Å². The Bertz CT molecular complexity index is 584. The maximum atomic E-state index is 12.8. The van der Waals surface area contributed by atoms with Gasteiger partial charge in [0.25, 0.3) is 5.88 Å². The summed E-state index contributed by atoms with van der Waals surface area (Å²) in [6, 6.07) is 0. The van der Waals surface area contributed by atoms with Crippen LogP contribution in [0.4, 0.5) is 22.0 Å². The first-order valence-corrected chi connectivity index (χ1v) is 9.74. The smallest absolute Gasteiger partial charge is 0.460 e. The van der Waals surface area contributed by atoms with Crippen LogP contribution in [0.1, 0.15) is 58.6 Å². The summed E-state index contributed by atoms with van der Waals surface area (Å²) in [5, 5.41) is 0. The van der Waals surface area contributed by atoms with E-state index in [2.05, 4.69) is 8.75 Å². The molecule has 27 heavy (non-hydrogen) atoms. The summed E-state index contributed by atoms with van der Waals surface area (Å²) >= 11 is 0.875. The largest absolute Gasteiger partial charge is 0.475 e. The third-order valence-electron chi connectivity index (χ3n) is 3.77. The van der Waals surface area contributed by atoms with Crippen LogP contribution in [0.15, 0.2) is 6.08 Å². The van der Waals surface area contributed by atoms with Crippen LogP contribution in [0.5, 0.6) is 5.88 Å². The van der Waals surface area contributed by atoms with Crippen LogP contribution in [-0.4, -0.2) is 45.6 Å². The molecule has 2 heterocycles. The van der Waals surface area contributed by atoms with Crippen LogP contribution >= 0.6 is 11.7 Å². The zero-order valence-electron chi connectivity index (χ0n) is 15.8. The SMILES string of the molecule is CC.CC(F)(F)CCCCCOc1nsnc1C1=CCCN(C(F)(F)F)C1. The normalized spacial score (nSPS) is 15.8.